The van der Waals surface area contributed by atoms with E-state index in [0.29, 0.717) is 18.1 Å². The molecule has 0 saturated heterocycles. The quantitative estimate of drug-likeness (QED) is 0.552. The number of halogens is 1. The Kier molecular flexibility index (Phi) is 5.64. The number of aryl methyl sites for hydroxylation is 1. The van der Waals surface area contributed by atoms with Crippen molar-refractivity contribution in [3.8, 4) is 11.5 Å². The van der Waals surface area contributed by atoms with Crippen molar-refractivity contribution < 1.29 is 13.9 Å². The first-order valence-corrected chi connectivity index (χ1v) is 8.30. The second-order valence-electron chi connectivity index (χ2n) is 5.87. The molecular formula is C22H20FNO2. The van der Waals surface area contributed by atoms with Gasteiger partial charge >= 0.3 is 0 Å². The highest BCUT2D eigenvalue weighted by molar-refractivity contribution is 5.83. The first-order valence-electron chi connectivity index (χ1n) is 8.30. The molecule has 0 amide bonds. The maximum absolute atomic E-state index is 13.0. The van der Waals surface area contributed by atoms with Gasteiger partial charge in [0.2, 0.25) is 0 Å². The third-order valence-corrected chi connectivity index (χ3v) is 3.96. The second kappa shape index (κ2) is 8.30. The zero-order chi connectivity index (χ0) is 18.4. The van der Waals surface area contributed by atoms with Crippen LogP contribution in [0.15, 0.2) is 71.7 Å². The molecule has 0 aliphatic carbocycles. The molecule has 0 aliphatic rings. The van der Waals surface area contributed by atoms with Crippen LogP contribution in [0.2, 0.25) is 0 Å². The van der Waals surface area contributed by atoms with Crippen LogP contribution in [-0.2, 0) is 6.61 Å². The van der Waals surface area contributed by atoms with Crippen molar-refractivity contribution in [3.63, 3.8) is 0 Å². The maximum atomic E-state index is 13.0. The van der Waals surface area contributed by atoms with E-state index >= 15 is 0 Å². The highest BCUT2D eigenvalue weighted by Gasteiger charge is 2.06. The molecule has 0 fully saturated rings. The van der Waals surface area contributed by atoms with Crippen LogP contribution >= 0.6 is 0 Å². The molecular weight excluding hydrogens is 329 g/mol. The van der Waals surface area contributed by atoms with Gasteiger partial charge in [0.15, 0.2) is 11.5 Å². The van der Waals surface area contributed by atoms with Crippen molar-refractivity contribution >= 4 is 11.9 Å². The van der Waals surface area contributed by atoms with Crippen LogP contribution in [0.1, 0.15) is 16.7 Å². The summed E-state index contributed by atoms with van der Waals surface area (Å²) in [4.78, 5) is 4.53. The summed E-state index contributed by atoms with van der Waals surface area (Å²) in [5.41, 5.74) is 3.86. The normalized spacial score (nSPS) is 10.9. The van der Waals surface area contributed by atoms with Gasteiger partial charge in [0, 0.05) is 6.21 Å². The van der Waals surface area contributed by atoms with Crippen LogP contribution in [0.5, 0.6) is 11.5 Å². The predicted molar refractivity (Wildman–Crippen MR) is 102 cm³/mol. The summed E-state index contributed by atoms with van der Waals surface area (Å²) in [5.74, 6) is 0.995. The zero-order valence-electron chi connectivity index (χ0n) is 14.8. The van der Waals surface area contributed by atoms with Crippen LogP contribution in [0.3, 0.4) is 0 Å². The van der Waals surface area contributed by atoms with Crippen molar-refractivity contribution in [1.82, 2.24) is 0 Å². The van der Waals surface area contributed by atoms with Crippen LogP contribution in [0, 0.1) is 12.7 Å². The van der Waals surface area contributed by atoms with Gasteiger partial charge in [0.1, 0.15) is 12.4 Å². The van der Waals surface area contributed by atoms with E-state index in [4.69, 9.17) is 9.47 Å². The number of methoxy groups -OCH3 is 1. The van der Waals surface area contributed by atoms with Gasteiger partial charge in [0.25, 0.3) is 0 Å². The zero-order valence-corrected chi connectivity index (χ0v) is 14.8. The maximum Gasteiger partial charge on any atom is 0.161 e. The van der Waals surface area contributed by atoms with E-state index in [1.807, 2.05) is 49.4 Å². The van der Waals surface area contributed by atoms with Crippen molar-refractivity contribution in [1.29, 1.82) is 0 Å². The first-order chi connectivity index (χ1) is 12.7. The Morgan fingerprint density at radius 1 is 0.962 bits per heavy atom. The van der Waals surface area contributed by atoms with Crippen molar-refractivity contribution in [2.45, 2.75) is 13.5 Å². The monoisotopic (exact) mass is 349 g/mol. The Balaban J connectivity index is 1.73. The molecule has 0 radical (unpaired) electrons. The third kappa shape index (κ3) is 4.48. The van der Waals surface area contributed by atoms with Gasteiger partial charge in [-0.05, 0) is 60.0 Å². The highest BCUT2D eigenvalue weighted by Crippen LogP contribution is 2.28. The molecule has 26 heavy (non-hydrogen) atoms. The van der Waals surface area contributed by atoms with Gasteiger partial charge < -0.3 is 9.47 Å². The first kappa shape index (κ1) is 17.7. The van der Waals surface area contributed by atoms with Crippen LogP contribution in [-0.4, -0.2) is 13.3 Å². The Hall–Kier alpha value is -3.14. The second-order valence-corrected chi connectivity index (χ2v) is 5.87. The lowest BCUT2D eigenvalue weighted by Crippen LogP contribution is -1.98. The molecule has 0 heterocycles. The van der Waals surface area contributed by atoms with Gasteiger partial charge in [-0.25, -0.2) is 4.39 Å². The molecule has 0 saturated carbocycles. The summed E-state index contributed by atoms with van der Waals surface area (Å²) in [5, 5.41) is 0. The summed E-state index contributed by atoms with van der Waals surface area (Å²) in [6, 6.07) is 19.8. The van der Waals surface area contributed by atoms with Gasteiger partial charge in [-0.2, -0.15) is 0 Å². The lowest BCUT2D eigenvalue weighted by atomic mass is 10.2. The summed E-state index contributed by atoms with van der Waals surface area (Å²) in [7, 11) is 1.60. The number of aliphatic imine (C=N–C) groups is 1. The van der Waals surface area contributed by atoms with Crippen LogP contribution in [0.4, 0.5) is 10.1 Å². The molecule has 3 aromatic rings. The van der Waals surface area contributed by atoms with Crippen LogP contribution < -0.4 is 9.47 Å². The molecule has 3 rings (SSSR count). The number of benzene rings is 3. The van der Waals surface area contributed by atoms with Gasteiger partial charge in [-0.1, -0.05) is 30.3 Å². The van der Waals surface area contributed by atoms with E-state index in [1.54, 1.807) is 25.5 Å². The molecule has 0 atom stereocenters. The minimum Gasteiger partial charge on any atom is -0.493 e. The molecule has 0 bridgehead atoms. The van der Waals surface area contributed by atoms with E-state index in [9.17, 15) is 4.39 Å². The largest absolute Gasteiger partial charge is 0.493 e. The molecule has 0 N–H and O–H groups in total. The summed E-state index contributed by atoms with van der Waals surface area (Å²) in [6.07, 6.45) is 1.80. The Labute approximate surface area is 152 Å². The molecule has 3 aromatic carbocycles. The van der Waals surface area contributed by atoms with Gasteiger partial charge in [-0.3, -0.25) is 4.99 Å². The van der Waals surface area contributed by atoms with E-state index in [-0.39, 0.29) is 5.82 Å². The number of nitrogens with zero attached hydrogens (tertiary/aromatic N) is 1. The van der Waals surface area contributed by atoms with Gasteiger partial charge in [-0.15, -0.1) is 0 Å². The molecule has 0 aliphatic heterocycles. The van der Waals surface area contributed by atoms with Gasteiger partial charge in [0.05, 0.1) is 12.8 Å². The minimum atomic E-state index is -0.261. The molecule has 0 unspecified atom stereocenters. The molecule has 3 nitrogen and oxygen atoms in total. The molecule has 0 spiro atoms. The summed E-state index contributed by atoms with van der Waals surface area (Å²) in [6.45, 7) is 2.37. The third-order valence-electron chi connectivity index (χ3n) is 3.96. The fourth-order valence-corrected chi connectivity index (χ4v) is 2.48. The number of ether oxygens (including phenoxy) is 2. The Morgan fingerprint density at radius 3 is 2.46 bits per heavy atom. The number of rotatable bonds is 6. The van der Waals surface area contributed by atoms with E-state index < -0.39 is 0 Å². The molecule has 132 valence electrons. The van der Waals surface area contributed by atoms with Crippen LogP contribution in [0.25, 0.3) is 0 Å². The highest BCUT2D eigenvalue weighted by atomic mass is 19.1. The fourth-order valence-electron chi connectivity index (χ4n) is 2.48. The Morgan fingerprint density at radius 2 is 1.73 bits per heavy atom. The van der Waals surface area contributed by atoms with E-state index in [2.05, 4.69) is 4.99 Å². The van der Waals surface area contributed by atoms with Crippen molar-refractivity contribution in [2.24, 2.45) is 4.99 Å². The summed E-state index contributed by atoms with van der Waals surface area (Å²) >= 11 is 0. The number of hydrogen-bond donors (Lipinski definition) is 0. The smallest absolute Gasteiger partial charge is 0.161 e. The molecule has 4 heteroatoms. The Bertz CT molecular complexity index is 904. The number of hydrogen-bond acceptors (Lipinski definition) is 3. The predicted octanol–water partition coefficient (Wildman–Crippen LogP) is 5.47. The minimum absolute atomic E-state index is 0.261. The molecule has 0 aromatic heterocycles. The number of para-hydroxylation sites is 1. The van der Waals surface area contributed by atoms with Crippen molar-refractivity contribution in [2.75, 3.05) is 7.11 Å². The topological polar surface area (TPSA) is 30.8 Å². The summed E-state index contributed by atoms with van der Waals surface area (Å²) < 4.78 is 24.2. The average Bonchev–Trinajstić information content (AvgIpc) is 2.67. The average molecular weight is 349 g/mol. The van der Waals surface area contributed by atoms with E-state index in [1.165, 1.54) is 12.1 Å². The lowest BCUT2D eigenvalue weighted by molar-refractivity contribution is 0.284. The van der Waals surface area contributed by atoms with Crippen molar-refractivity contribution in [3.05, 3.63) is 89.2 Å². The SMILES string of the molecule is COc1cc(C=Nc2ccccc2C)ccc1OCc1ccc(F)cc1. The fraction of sp³-hybridized carbons (Fsp3) is 0.136. The lowest BCUT2D eigenvalue weighted by Gasteiger charge is -2.11. The van der Waals surface area contributed by atoms with E-state index in [0.717, 1.165) is 22.4 Å². The standard InChI is InChI=1S/C22H20FNO2/c1-16-5-3-4-6-20(16)24-14-18-9-12-21(22(13-18)25-2)26-15-17-7-10-19(23)11-8-17/h3-14H,15H2,1-2H3.